The van der Waals surface area contributed by atoms with Gasteiger partial charge in [0.05, 0.1) is 4.90 Å². The molecule has 1 aromatic heterocycles. The first-order chi connectivity index (χ1) is 13.7. The molecule has 0 aliphatic carbocycles. The van der Waals surface area contributed by atoms with Crippen LogP contribution in [0.5, 0.6) is 0 Å². The summed E-state index contributed by atoms with van der Waals surface area (Å²) >= 11 is 0. The molecule has 3 aromatic rings. The van der Waals surface area contributed by atoms with Gasteiger partial charge in [0.1, 0.15) is 22.9 Å². The quantitative estimate of drug-likeness (QED) is 0.682. The number of nitrogen functional groups attached to an aromatic ring is 1. The van der Waals surface area contributed by atoms with E-state index in [0.717, 1.165) is 0 Å². The van der Waals surface area contributed by atoms with Crippen LogP contribution in [-0.4, -0.2) is 19.7 Å². The number of hydrogen-bond acceptors (Lipinski definition) is 5. The minimum absolute atomic E-state index is 0.0000287. The molecule has 0 spiro atoms. The summed E-state index contributed by atoms with van der Waals surface area (Å²) < 4.78 is 30.8. The number of nitriles is 1. The van der Waals surface area contributed by atoms with E-state index in [4.69, 9.17) is 5.73 Å². The molecule has 3 N–H and O–H groups in total. The zero-order valence-corrected chi connectivity index (χ0v) is 17.0. The molecule has 0 amide bonds. The lowest BCUT2D eigenvalue weighted by molar-refractivity contribution is 0.519. The average Bonchev–Trinajstić information content (AvgIpc) is 2.67. The van der Waals surface area contributed by atoms with Crippen molar-refractivity contribution in [3.05, 3.63) is 60.2 Å². The first-order valence-corrected chi connectivity index (χ1v) is 9.96. The second kappa shape index (κ2) is 8.07. The van der Waals surface area contributed by atoms with E-state index in [9.17, 15) is 13.9 Å². The molecule has 1 heterocycles. The Balaban J connectivity index is 2.05. The molecule has 0 saturated carbocycles. The minimum atomic E-state index is -1.47. The number of nitrogens with zero attached hydrogens (tertiary/aromatic N) is 3. The van der Waals surface area contributed by atoms with Crippen molar-refractivity contribution in [2.24, 2.45) is 0 Å². The highest BCUT2D eigenvalue weighted by atomic mass is 32.2. The smallest absolute Gasteiger partial charge is 0.221 e. The van der Waals surface area contributed by atoms with Gasteiger partial charge < -0.3 is 5.73 Å². The molecule has 8 heteroatoms. The maximum absolute atomic E-state index is 15.0. The van der Waals surface area contributed by atoms with Gasteiger partial charge in [0.15, 0.2) is 5.69 Å². The highest BCUT2D eigenvalue weighted by Gasteiger charge is 2.19. The highest BCUT2D eigenvalue weighted by molar-refractivity contribution is 7.83. The Bertz CT molecular complexity index is 1130. The Labute approximate surface area is 171 Å². The second-order valence-corrected chi connectivity index (χ2v) is 8.60. The lowest BCUT2D eigenvalue weighted by Crippen LogP contribution is -2.37. The Morgan fingerprint density at radius 3 is 2.52 bits per heavy atom. The Hall–Kier alpha value is -3.15. The zero-order chi connectivity index (χ0) is 21.2. The molecule has 0 aliphatic rings. The number of anilines is 1. The first kappa shape index (κ1) is 20.6. The topological polar surface area (TPSA) is 105 Å². The molecule has 0 saturated heterocycles. The van der Waals surface area contributed by atoms with Crippen molar-refractivity contribution in [2.45, 2.75) is 31.2 Å². The van der Waals surface area contributed by atoms with Crippen molar-refractivity contribution in [1.82, 2.24) is 14.7 Å². The molecule has 6 nitrogen and oxygen atoms in total. The van der Waals surface area contributed by atoms with Gasteiger partial charge in [-0.1, -0.05) is 30.3 Å². The van der Waals surface area contributed by atoms with E-state index in [-0.39, 0.29) is 28.3 Å². The van der Waals surface area contributed by atoms with Gasteiger partial charge in [-0.05, 0) is 44.0 Å². The van der Waals surface area contributed by atoms with E-state index in [2.05, 4.69) is 14.7 Å². The molecule has 29 heavy (non-hydrogen) atoms. The fraction of sp³-hybridized carbons (Fsp3) is 0.190. The third-order valence-electron chi connectivity index (χ3n) is 3.97. The van der Waals surface area contributed by atoms with Crippen LogP contribution in [-0.2, 0) is 11.0 Å². The molecule has 0 aliphatic heterocycles. The second-order valence-electron chi connectivity index (χ2n) is 7.41. The zero-order valence-electron chi connectivity index (χ0n) is 16.2. The van der Waals surface area contributed by atoms with Crippen LogP contribution in [0.15, 0.2) is 53.6 Å². The predicted octanol–water partition coefficient (Wildman–Crippen LogP) is 3.81. The molecular weight excluding hydrogens is 389 g/mol. The van der Waals surface area contributed by atoms with Crippen LogP contribution in [0.1, 0.15) is 26.5 Å². The maximum atomic E-state index is 15.0. The average molecular weight is 409 g/mol. The van der Waals surface area contributed by atoms with Crippen molar-refractivity contribution < 1.29 is 8.60 Å². The SMILES string of the molecule is CC(C)(C)NS(=O)c1ccccc1-c1ccc(-c2cnc(N)nc2C#N)c(F)c1. The Morgan fingerprint density at radius 2 is 1.86 bits per heavy atom. The summed E-state index contributed by atoms with van der Waals surface area (Å²) in [7, 11) is -1.47. The number of aromatic nitrogens is 2. The Morgan fingerprint density at radius 1 is 1.14 bits per heavy atom. The fourth-order valence-corrected chi connectivity index (χ4v) is 4.03. The molecule has 3 rings (SSSR count). The van der Waals surface area contributed by atoms with Gasteiger partial charge in [-0.3, -0.25) is 0 Å². The van der Waals surface area contributed by atoms with E-state index in [1.807, 2.05) is 26.8 Å². The van der Waals surface area contributed by atoms with Crippen LogP contribution in [0.3, 0.4) is 0 Å². The van der Waals surface area contributed by atoms with Gasteiger partial charge >= 0.3 is 0 Å². The van der Waals surface area contributed by atoms with Gasteiger partial charge in [-0.2, -0.15) is 5.26 Å². The van der Waals surface area contributed by atoms with Gasteiger partial charge in [-0.15, -0.1) is 0 Å². The standard InChI is InChI=1S/C21H20FN5OS/c1-21(2,3)27-29(28)19-7-5-4-6-14(19)13-8-9-15(17(22)10-13)16-12-25-20(24)26-18(16)11-23/h4-10,12,27H,1-3H3,(H2,24,25,26). The molecule has 0 bridgehead atoms. The van der Waals surface area contributed by atoms with Crippen molar-refractivity contribution in [2.75, 3.05) is 5.73 Å². The van der Waals surface area contributed by atoms with E-state index in [1.165, 1.54) is 12.3 Å². The van der Waals surface area contributed by atoms with Gasteiger partial charge in [0.25, 0.3) is 0 Å². The highest BCUT2D eigenvalue weighted by Crippen LogP contribution is 2.32. The number of nitrogens with two attached hydrogens (primary N) is 1. The normalized spacial score (nSPS) is 12.4. The summed E-state index contributed by atoms with van der Waals surface area (Å²) in [5, 5.41) is 9.26. The van der Waals surface area contributed by atoms with Crippen LogP contribution in [0.2, 0.25) is 0 Å². The van der Waals surface area contributed by atoms with Crippen LogP contribution in [0.4, 0.5) is 10.3 Å². The number of nitrogens with one attached hydrogen (secondary N) is 1. The van der Waals surface area contributed by atoms with Gasteiger partial charge in [0, 0.05) is 22.9 Å². The van der Waals surface area contributed by atoms with E-state index in [0.29, 0.717) is 16.0 Å². The Kier molecular flexibility index (Phi) is 5.73. The monoisotopic (exact) mass is 409 g/mol. The summed E-state index contributed by atoms with van der Waals surface area (Å²) in [6.07, 6.45) is 1.33. The van der Waals surface area contributed by atoms with Crippen LogP contribution in [0, 0.1) is 17.1 Å². The maximum Gasteiger partial charge on any atom is 0.221 e. The largest absolute Gasteiger partial charge is 0.368 e. The summed E-state index contributed by atoms with van der Waals surface area (Å²) in [5.41, 5.74) is 6.83. The summed E-state index contributed by atoms with van der Waals surface area (Å²) in [5.74, 6) is -0.596. The fourth-order valence-electron chi connectivity index (χ4n) is 2.78. The first-order valence-electron chi connectivity index (χ1n) is 8.81. The van der Waals surface area contributed by atoms with Crippen LogP contribution in [0.25, 0.3) is 22.3 Å². The summed E-state index contributed by atoms with van der Waals surface area (Å²) in [6, 6.07) is 13.7. The molecule has 148 valence electrons. The van der Waals surface area contributed by atoms with E-state index in [1.54, 1.807) is 36.4 Å². The molecule has 0 radical (unpaired) electrons. The number of benzene rings is 2. The number of rotatable bonds is 4. The van der Waals surface area contributed by atoms with Gasteiger partial charge in [0.2, 0.25) is 5.95 Å². The molecule has 0 fully saturated rings. The van der Waals surface area contributed by atoms with Crippen molar-refractivity contribution >= 4 is 16.9 Å². The molecule has 1 atom stereocenters. The third kappa shape index (κ3) is 4.65. The van der Waals surface area contributed by atoms with Crippen molar-refractivity contribution in [3.8, 4) is 28.3 Å². The van der Waals surface area contributed by atoms with E-state index < -0.39 is 16.8 Å². The molecule has 1 unspecified atom stereocenters. The summed E-state index contributed by atoms with van der Waals surface area (Å²) in [4.78, 5) is 8.27. The van der Waals surface area contributed by atoms with Crippen LogP contribution >= 0.6 is 0 Å². The molecular formula is C21H20FN5OS. The number of halogens is 1. The number of hydrogen-bond donors (Lipinski definition) is 2. The van der Waals surface area contributed by atoms with Crippen molar-refractivity contribution in [3.63, 3.8) is 0 Å². The third-order valence-corrected chi connectivity index (χ3v) is 5.52. The molecule has 2 aromatic carbocycles. The summed E-state index contributed by atoms with van der Waals surface area (Å²) in [6.45, 7) is 5.76. The van der Waals surface area contributed by atoms with E-state index >= 15 is 0 Å². The predicted molar refractivity (Wildman–Crippen MR) is 111 cm³/mol. The van der Waals surface area contributed by atoms with Crippen molar-refractivity contribution in [1.29, 1.82) is 5.26 Å². The van der Waals surface area contributed by atoms with Gasteiger partial charge in [-0.25, -0.2) is 23.3 Å². The lowest BCUT2D eigenvalue weighted by atomic mass is 9.99. The van der Waals surface area contributed by atoms with Crippen LogP contribution < -0.4 is 10.5 Å². The minimum Gasteiger partial charge on any atom is -0.368 e. The lowest BCUT2D eigenvalue weighted by Gasteiger charge is -2.21.